The van der Waals surface area contributed by atoms with Crippen LogP contribution in [0.3, 0.4) is 0 Å². The highest BCUT2D eigenvalue weighted by atomic mass is 19.2. The SMILES string of the molecule is CC1CN(C(=O)COCc2ccccn2)c2cc(F)c(F)cc2O1. The molecule has 2 heterocycles. The van der Waals surface area contributed by atoms with Gasteiger partial charge >= 0.3 is 0 Å². The summed E-state index contributed by atoms with van der Waals surface area (Å²) in [5, 5.41) is 0. The van der Waals surface area contributed by atoms with Crippen molar-refractivity contribution in [3.05, 3.63) is 53.9 Å². The van der Waals surface area contributed by atoms with Crippen molar-refractivity contribution in [1.82, 2.24) is 4.98 Å². The molecule has 0 spiro atoms. The number of fused-ring (bicyclic) bond motifs is 1. The molecule has 126 valence electrons. The van der Waals surface area contributed by atoms with Gasteiger partial charge in [0.05, 0.1) is 24.5 Å². The maximum Gasteiger partial charge on any atom is 0.253 e. The molecule has 2 aromatic rings. The fraction of sp³-hybridized carbons (Fsp3) is 0.294. The van der Waals surface area contributed by atoms with Crippen LogP contribution in [0.4, 0.5) is 14.5 Å². The number of carbonyl (C=O) groups is 1. The Morgan fingerprint density at radius 3 is 2.92 bits per heavy atom. The number of hydrogen-bond donors (Lipinski definition) is 0. The van der Waals surface area contributed by atoms with Crippen LogP contribution >= 0.6 is 0 Å². The lowest BCUT2D eigenvalue weighted by atomic mass is 10.2. The third-order valence-corrected chi connectivity index (χ3v) is 3.56. The molecule has 1 unspecified atom stereocenters. The van der Waals surface area contributed by atoms with Crippen molar-refractivity contribution in [2.24, 2.45) is 0 Å². The van der Waals surface area contributed by atoms with Gasteiger partial charge in [-0.1, -0.05) is 6.07 Å². The van der Waals surface area contributed by atoms with E-state index in [1.54, 1.807) is 25.3 Å². The van der Waals surface area contributed by atoms with Crippen molar-refractivity contribution in [2.75, 3.05) is 18.1 Å². The van der Waals surface area contributed by atoms with Crippen molar-refractivity contribution in [2.45, 2.75) is 19.6 Å². The molecule has 1 atom stereocenters. The van der Waals surface area contributed by atoms with E-state index in [0.717, 1.165) is 12.1 Å². The van der Waals surface area contributed by atoms with Crippen LogP contribution in [0, 0.1) is 11.6 Å². The standard InChI is InChI=1S/C17H16F2N2O3/c1-11-8-21(15-6-13(18)14(19)7-16(15)24-11)17(22)10-23-9-12-4-2-3-5-20-12/h2-7,11H,8-10H2,1H3. The van der Waals surface area contributed by atoms with Crippen LogP contribution in [0.1, 0.15) is 12.6 Å². The molecule has 1 aromatic heterocycles. The Bertz CT molecular complexity index is 740. The summed E-state index contributed by atoms with van der Waals surface area (Å²) in [6, 6.07) is 7.32. The van der Waals surface area contributed by atoms with E-state index in [9.17, 15) is 13.6 Å². The number of pyridine rings is 1. The molecule has 7 heteroatoms. The van der Waals surface area contributed by atoms with Gasteiger partial charge in [-0.05, 0) is 19.1 Å². The molecule has 1 aliphatic rings. The summed E-state index contributed by atoms with van der Waals surface area (Å²) >= 11 is 0. The molecule has 1 amide bonds. The summed E-state index contributed by atoms with van der Waals surface area (Å²) in [5.41, 5.74) is 0.910. The number of halogens is 2. The average molecular weight is 334 g/mol. The number of amides is 1. The summed E-state index contributed by atoms with van der Waals surface area (Å²) in [6.45, 7) is 1.99. The first-order chi connectivity index (χ1) is 11.5. The smallest absolute Gasteiger partial charge is 0.253 e. The number of hydrogen-bond acceptors (Lipinski definition) is 4. The second-order valence-corrected chi connectivity index (χ2v) is 5.48. The molecule has 1 aliphatic heterocycles. The molecule has 1 aromatic carbocycles. The summed E-state index contributed by atoms with van der Waals surface area (Å²) in [4.78, 5) is 17.8. The van der Waals surface area contributed by atoms with Crippen LogP contribution in [-0.2, 0) is 16.1 Å². The van der Waals surface area contributed by atoms with Crippen molar-refractivity contribution in [3.63, 3.8) is 0 Å². The number of rotatable bonds is 4. The van der Waals surface area contributed by atoms with Crippen molar-refractivity contribution in [1.29, 1.82) is 0 Å². The normalized spacial score (nSPS) is 16.5. The highest BCUT2D eigenvalue weighted by Gasteiger charge is 2.29. The third kappa shape index (κ3) is 3.51. The molecule has 0 saturated heterocycles. The van der Waals surface area contributed by atoms with Crippen molar-refractivity contribution >= 4 is 11.6 Å². The van der Waals surface area contributed by atoms with Gasteiger partial charge in [0.1, 0.15) is 18.5 Å². The Labute approximate surface area is 137 Å². The first kappa shape index (κ1) is 16.3. The topological polar surface area (TPSA) is 51.7 Å². The second kappa shape index (κ2) is 6.92. The van der Waals surface area contributed by atoms with Gasteiger partial charge in [0.2, 0.25) is 0 Å². The highest BCUT2D eigenvalue weighted by Crippen LogP contribution is 2.35. The Balaban J connectivity index is 1.70. The van der Waals surface area contributed by atoms with E-state index in [0.29, 0.717) is 5.69 Å². The van der Waals surface area contributed by atoms with E-state index in [-0.39, 0.29) is 43.2 Å². The maximum absolute atomic E-state index is 13.5. The van der Waals surface area contributed by atoms with Crippen LogP contribution in [0.5, 0.6) is 5.75 Å². The Hall–Kier alpha value is -2.54. The molecule has 0 aliphatic carbocycles. The zero-order valence-corrected chi connectivity index (χ0v) is 13.0. The van der Waals surface area contributed by atoms with Gasteiger partial charge in [-0.25, -0.2) is 8.78 Å². The zero-order valence-electron chi connectivity index (χ0n) is 13.0. The monoisotopic (exact) mass is 334 g/mol. The number of benzene rings is 1. The predicted molar refractivity (Wildman–Crippen MR) is 82.7 cm³/mol. The van der Waals surface area contributed by atoms with Crippen LogP contribution in [0.2, 0.25) is 0 Å². The molecule has 5 nitrogen and oxygen atoms in total. The average Bonchev–Trinajstić information content (AvgIpc) is 2.56. The van der Waals surface area contributed by atoms with Gasteiger partial charge in [-0.2, -0.15) is 0 Å². The second-order valence-electron chi connectivity index (χ2n) is 5.48. The van der Waals surface area contributed by atoms with E-state index in [2.05, 4.69) is 4.98 Å². The van der Waals surface area contributed by atoms with Gasteiger partial charge in [0, 0.05) is 18.3 Å². The zero-order chi connectivity index (χ0) is 17.1. The van der Waals surface area contributed by atoms with E-state index < -0.39 is 11.6 Å². The van der Waals surface area contributed by atoms with Crippen molar-refractivity contribution in [3.8, 4) is 5.75 Å². The summed E-state index contributed by atoms with van der Waals surface area (Å²) in [5.74, 6) is -2.25. The lowest BCUT2D eigenvalue weighted by Crippen LogP contribution is -2.44. The number of nitrogens with zero attached hydrogens (tertiary/aromatic N) is 2. The van der Waals surface area contributed by atoms with E-state index in [1.807, 2.05) is 6.07 Å². The largest absolute Gasteiger partial charge is 0.487 e. The molecule has 0 fully saturated rings. The van der Waals surface area contributed by atoms with E-state index in [4.69, 9.17) is 9.47 Å². The maximum atomic E-state index is 13.5. The van der Waals surface area contributed by atoms with E-state index in [1.165, 1.54) is 4.90 Å². The van der Waals surface area contributed by atoms with Crippen LogP contribution in [0.15, 0.2) is 36.5 Å². The van der Waals surface area contributed by atoms with E-state index >= 15 is 0 Å². The molecule has 3 rings (SSSR count). The Morgan fingerprint density at radius 1 is 1.38 bits per heavy atom. The molecule has 0 saturated carbocycles. The van der Waals surface area contributed by atoms with Gasteiger partial charge in [0.15, 0.2) is 11.6 Å². The molecule has 0 bridgehead atoms. The molecule has 0 N–H and O–H groups in total. The van der Waals surface area contributed by atoms with Crippen molar-refractivity contribution < 1.29 is 23.0 Å². The summed E-state index contributed by atoms with van der Waals surface area (Å²) < 4.78 is 37.7. The molecule has 0 radical (unpaired) electrons. The van der Waals surface area contributed by atoms with Gasteiger partial charge < -0.3 is 14.4 Å². The molecule has 24 heavy (non-hydrogen) atoms. The quantitative estimate of drug-likeness (QED) is 0.863. The van der Waals surface area contributed by atoms with Crippen LogP contribution in [-0.4, -0.2) is 30.1 Å². The lowest BCUT2D eigenvalue weighted by molar-refractivity contribution is -0.124. The lowest BCUT2D eigenvalue weighted by Gasteiger charge is -2.33. The van der Waals surface area contributed by atoms with Gasteiger partial charge in [-0.3, -0.25) is 9.78 Å². The fourth-order valence-corrected chi connectivity index (χ4v) is 2.47. The Morgan fingerprint density at radius 2 is 2.17 bits per heavy atom. The Kier molecular flexibility index (Phi) is 4.71. The van der Waals surface area contributed by atoms with Gasteiger partial charge in [-0.15, -0.1) is 0 Å². The minimum Gasteiger partial charge on any atom is -0.487 e. The fourth-order valence-electron chi connectivity index (χ4n) is 2.47. The highest BCUT2D eigenvalue weighted by molar-refractivity contribution is 5.96. The first-order valence-electron chi connectivity index (χ1n) is 7.48. The summed E-state index contributed by atoms with van der Waals surface area (Å²) in [6.07, 6.45) is 1.31. The van der Waals surface area contributed by atoms with Gasteiger partial charge in [0.25, 0.3) is 5.91 Å². The minimum atomic E-state index is -1.03. The minimum absolute atomic E-state index is 0.144. The third-order valence-electron chi connectivity index (χ3n) is 3.56. The van der Waals surface area contributed by atoms with Crippen LogP contribution in [0.25, 0.3) is 0 Å². The number of anilines is 1. The summed E-state index contributed by atoms with van der Waals surface area (Å²) in [7, 11) is 0. The first-order valence-corrected chi connectivity index (χ1v) is 7.48. The molecular weight excluding hydrogens is 318 g/mol. The number of ether oxygens (including phenoxy) is 2. The molecular formula is C17H16F2N2O3. The number of carbonyl (C=O) groups excluding carboxylic acids is 1. The predicted octanol–water partition coefficient (Wildman–Crippen LogP) is 2.69. The van der Waals surface area contributed by atoms with Crippen LogP contribution < -0.4 is 9.64 Å². The number of aromatic nitrogens is 1.